The lowest BCUT2D eigenvalue weighted by Crippen LogP contribution is -2.11. The van der Waals surface area contributed by atoms with Crippen molar-refractivity contribution in [1.29, 1.82) is 0 Å². The van der Waals surface area contributed by atoms with Crippen LogP contribution in [0.15, 0.2) is 173 Å². The lowest BCUT2D eigenvalue weighted by atomic mass is 9.98. The lowest BCUT2D eigenvalue weighted by molar-refractivity contribution is 0.668. The van der Waals surface area contributed by atoms with Gasteiger partial charge in [0.15, 0.2) is 0 Å². The number of benzene rings is 7. The van der Waals surface area contributed by atoms with Crippen molar-refractivity contribution in [2.24, 2.45) is 0 Å². The molecular weight excluding hydrogens is 550 g/mol. The number of para-hydroxylation sites is 2. The van der Waals surface area contributed by atoms with Gasteiger partial charge in [-0.2, -0.15) is 0 Å². The largest absolute Gasteiger partial charge is 0.456 e. The second kappa shape index (κ2) is 10.3. The van der Waals surface area contributed by atoms with E-state index >= 15 is 0 Å². The molecule has 9 aromatic rings. The topological polar surface area (TPSA) is 29.5 Å². The zero-order valence-corrected chi connectivity index (χ0v) is 24.4. The number of rotatable bonds is 5. The highest BCUT2D eigenvalue weighted by Crippen LogP contribution is 2.46. The van der Waals surface area contributed by atoms with E-state index in [4.69, 9.17) is 8.83 Å². The number of nitrogens with zero attached hydrogens (tertiary/aromatic N) is 1. The average molecular weight is 578 g/mol. The van der Waals surface area contributed by atoms with Gasteiger partial charge in [-0.3, -0.25) is 0 Å². The maximum absolute atomic E-state index is 6.46. The van der Waals surface area contributed by atoms with E-state index in [2.05, 4.69) is 144 Å². The predicted octanol–water partition coefficient (Wildman–Crippen LogP) is 12.3. The predicted molar refractivity (Wildman–Crippen MR) is 187 cm³/mol. The molecule has 7 aromatic carbocycles. The van der Waals surface area contributed by atoms with Crippen molar-refractivity contribution in [3.05, 3.63) is 164 Å². The van der Waals surface area contributed by atoms with Crippen molar-refractivity contribution < 1.29 is 8.83 Å². The van der Waals surface area contributed by atoms with Crippen LogP contribution in [-0.2, 0) is 0 Å². The first-order valence-corrected chi connectivity index (χ1v) is 15.2. The van der Waals surface area contributed by atoms with Gasteiger partial charge in [0.1, 0.15) is 22.3 Å². The molecular formula is C42H27NO2. The SMILES string of the molecule is c1ccc(-c2ccc(N(c3ccc4oc5ccccc5c4c3)c3cc4oc5ccccc5c4cc3-c3ccccc3)cc2)cc1. The van der Waals surface area contributed by atoms with Gasteiger partial charge in [0.05, 0.1) is 5.69 Å². The van der Waals surface area contributed by atoms with Gasteiger partial charge in [-0.05, 0) is 65.2 Å². The Kier molecular flexibility index (Phi) is 5.82. The van der Waals surface area contributed by atoms with Crippen molar-refractivity contribution >= 4 is 60.9 Å². The summed E-state index contributed by atoms with van der Waals surface area (Å²) in [6.07, 6.45) is 0. The molecule has 0 saturated carbocycles. The smallest absolute Gasteiger partial charge is 0.137 e. The van der Waals surface area contributed by atoms with Crippen LogP contribution in [0.2, 0.25) is 0 Å². The molecule has 212 valence electrons. The molecule has 3 nitrogen and oxygen atoms in total. The van der Waals surface area contributed by atoms with E-state index in [9.17, 15) is 0 Å². The minimum atomic E-state index is 0.853. The molecule has 0 fully saturated rings. The standard InChI is InChI=1S/C42H27NO2/c1-3-11-28(12-4-1)29-19-21-31(22-20-29)43(32-23-24-41-36(25-32)33-15-7-9-17-39(33)44-41)38-27-42-37(34-16-8-10-18-40(34)45-42)26-35(38)30-13-5-2-6-14-30/h1-27H. The van der Waals surface area contributed by atoms with Crippen LogP contribution in [0.25, 0.3) is 66.1 Å². The molecule has 0 atom stereocenters. The molecule has 0 aliphatic heterocycles. The van der Waals surface area contributed by atoms with Crippen molar-refractivity contribution in [3.63, 3.8) is 0 Å². The fourth-order valence-electron chi connectivity index (χ4n) is 6.51. The van der Waals surface area contributed by atoms with Crippen LogP contribution in [0.5, 0.6) is 0 Å². The summed E-state index contributed by atoms with van der Waals surface area (Å²) < 4.78 is 12.7. The summed E-state index contributed by atoms with van der Waals surface area (Å²) in [5.41, 5.74) is 11.2. The fourth-order valence-corrected chi connectivity index (χ4v) is 6.51. The van der Waals surface area contributed by atoms with Gasteiger partial charge in [-0.25, -0.2) is 0 Å². The van der Waals surface area contributed by atoms with Gasteiger partial charge < -0.3 is 13.7 Å². The Hall–Kier alpha value is -6.06. The van der Waals surface area contributed by atoms with Crippen molar-refractivity contribution in [2.45, 2.75) is 0 Å². The number of furan rings is 2. The van der Waals surface area contributed by atoms with E-state index < -0.39 is 0 Å². The van der Waals surface area contributed by atoms with Crippen LogP contribution in [0, 0.1) is 0 Å². The molecule has 0 spiro atoms. The zero-order valence-electron chi connectivity index (χ0n) is 24.4. The minimum absolute atomic E-state index is 0.853. The van der Waals surface area contributed by atoms with Gasteiger partial charge in [-0.1, -0.05) is 109 Å². The van der Waals surface area contributed by atoms with Crippen LogP contribution in [-0.4, -0.2) is 0 Å². The fraction of sp³-hybridized carbons (Fsp3) is 0. The van der Waals surface area contributed by atoms with Gasteiger partial charge in [0.25, 0.3) is 0 Å². The van der Waals surface area contributed by atoms with Crippen molar-refractivity contribution in [1.82, 2.24) is 0 Å². The van der Waals surface area contributed by atoms with E-state index in [0.29, 0.717) is 0 Å². The molecule has 45 heavy (non-hydrogen) atoms. The van der Waals surface area contributed by atoms with Crippen LogP contribution in [0.3, 0.4) is 0 Å². The van der Waals surface area contributed by atoms with E-state index in [1.807, 2.05) is 24.3 Å². The highest BCUT2D eigenvalue weighted by molar-refractivity contribution is 6.10. The molecule has 2 heterocycles. The Balaban J connectivity index is 1.32. The number of hydrogen-bond acceptors (Lipinski definition) is 3. The Labute approximate surface area is 260 Å². The van der Waals surface area contributed by atoms with E-state index in [0.717, 1.165) is 72.1 Å². The van der Waals surface area contributed by atoms with Gasteiger partial charge in [0.2, 0.25) is 0 Å². The first-order chi connectivity index (χ1) is 22.3. The number of anilines is 3. The van der Waals surface area contributed by atoms with Crippen molar-refractivity contribution in [2.75, 3.05) is 4.90 Å². The molecule has 2 aromatic heterocycles. The summed E-state index contributed by atoms with van der Waals surface area (Å²) in [6, 6.07) is 57.4. The molecule has 0 amide bonds. The molecule has 0 unspecified atom stereocenters. The normalized spacial score (nSPS) is 11.6. The summed E-state index contributed by atoms with van der Waals surface area (Å²) in [7, 11) is 0. The highest BCUT2D eigenvalue weighted by Gasteiger charge is 2.22. The third kappa shape index (κ3) is 4.29. The minimum Gasteiger partial charge on any atom is -0.456 e. The van der Waals surface area contributed by atoms with Crippen LogP contribution in [0.1, 0.15) is 0 Å². The van der Waals surface area contributed by atoms with Crippen LogP contribution < -0.4 is 4.90 Å². The lowest BCUT2D eigenvalue weighted by Gasteiger charge is -2.28. The Morgan fingerprint density at radius 2 is 0.844 bits per heavy atom. The summed E-state index contributed by atoms with van der Waals surface area (Å²) >= 11 is 0. The summed E-state index contributed by atoms with van der Waals surface area (Å²) in [6.45, 7) is 0. The van der Waals surface area contributed by atoms with Crippen molar-refractivity contribution in [3.8, 4) is 22.3 Å². The molecule has 9 rings (SSSR count). The zero-order chi connectivity index (χ0) is 29.7. The van der Waals surface area contributed by atoms with Crippen LogP contribution in [0.4, 0.5) is 17.1 Å². The monoisotopic (exact) mass is 577 g/mol. The molecule has 0 bridgehead atoms. The van der Waals surface area contributed by atoms with Gasteiger partial charge in [-0.15, -0.1) is 0 Å². The summed E-state index contributed by atoms with van der Waals surface area (Å²) in [4.78, 5) is 2.34. The van der Waals surface area contributed by atoms with Gasteiger partial charge >= 0.3 is 0 Å². The highest BCUT2D eigenvalue weighted by atomic mass is 16.3. The summed E-state index contributed by atoms with van der Waals surface area (Å²) in [5.74, 6) is 0. The third-order valence-electron chi connectivity index (χ3n) is 8.67. The molecule has 0 N–H and O–H groups in total. The molecule has 0 saturated heterocycles. The quantitative estimate of drug-likeness (QED) is 0.204. The van der Waals surface area contributed by atoms with E-state index in [1.54, 1.807) is 0 Å². The molecule has 0 radical (unpaired) electrons. The summed E-state index contributed by atoms with van der Waals surface area (Å²) in [5, 5.41) is 4.40. The third-order valence-corrected chi connectivity index (χ3v) is 8.67. The molecule has 3 heteroatoms. The Morgan fingerprint density at radius 3 is 1.53 bits per heavy atom. The second-order valence-corrected chi connectivity index (χ2v) is 11.4. The Morgan fingerprint density at radius 1 is 0.333 bits per heavy atom. The number of fused-ring (bicyclic) bond motifs is 6. The first-order valence-electron chi connectivity index (χ1n) is 15.2. The van der Waals surface area contributed by atoms with Crippen LogP contribution >= 0.6 is 0 Å². The maximum atomic E-state index is 6.46. The second-order valence-electron chi connectivity index (χ2n) is 11.4. The molecule has 0 aliphatic rings. The van der Waals surface area contributed by atoms with Gasteiger partial charge in [0, 0.05) is 44.5 Å². The number of hydrogen-bond donors (Lipinski definition) is 0. The first kappa shape index (κ1) is 25.4. The average Bonchev–Trinajstić information content (AvgIpc) is 3.67. The Bertz CT molecular complexity index is 2470. The van der Waals surface area contributed by atoms with E-state index in [1.165, 1.54) is 11.1 Å². The maximum Gasteiger partial charge on any atom is 0.137 e. The molecule has 0 aliphatic carbocycles. The van der Waals surface area contributed by atoms with E-state index in [-0.39, 0.29) is 0 Å².